The van der Waals surface area contributed by atoms with Gasteiger partial charge in [-0.15, -0.1) is 0 Å². The Labute approximate surface area is 206 Å². The van der Waals surface area contributed by atoms with Gasteiger partial charge in [0.05, 0.1) is 0 Å². The molecule has 194 valence electrons. The summed E-state index contributed by atoms with van der Waals surface area (Å²) >= 11 is 0. The Bertz CT molecular complexity index is 370. The minimum atomic E-state index is 0.877. The lowest BCUT2D eigenvalue weighted by molar-refractivity contribution is 0.365. The van der Waals surface area contributed by atoms with Crippen molar-refractivity contribution in [3.05, 3.63) is 0 Å². The highest BCUT2D eigenvalue weighted by molar-refractivity contribution is 4.62. The zero-order valence-electron chi connectivity index (χ0n) is 24.2. The first-order valence-electron chi connectivity index (χ1n) is 15.2. The summed E-state index contributed by atoms with van der Waals surface area (Å²) in [5.74, 6) is 5.58. The van der Waals surface area contributed by atoms with Gasteiger partial charge in [0.2, 0.25) is 0 Å². The lowest BCUT2D eigenvalue weighted by Crippen LogP contribution is -2.02. The molecule has 0 saturated carbocycles. The lowest BCUT2D eigenvalue weighted by Gasteiger charge is -2.17. The Morgan fingerprint density at radius 1 is 0.312 bits per heavy atom. The van der Waals surface area contributed by atoms with Crippen LogP contribution in [0.4, 0.5) is 0 Å². The molecule has 0 N–H and O–H groups in total. The van der Waals surface area contributed by atoms with Crippen LogP contribution in [0.1, 0.15) is 171 Å². The molecular weight excluding hydrogens is 384 g/mol. The molecule has 0 radical (unpaired) electrons. The van der Waals surface area contributed by atoms with Crippen LogP contribution in [-0.2, 0) is 0 Å². The van der Waals surface area contributed by atoms with Crippen LogP contribution in [-0.4, -0.2) is 0 Å². The maximum atomic E-state index is 2.50. The van der Waals surface area contributed by atoms with Crippen LogP contribution in [0.15, 0.2) is 0 Å². The minimum Gasteiger partial charge on any atom is -0.0654 e. The zero-order chi connectivity index (χ0) is 24.2. The van der Waals surface area contributed by atoms with Gasteiger partial charge >= 0.3 is 0 Å². The average Bonchev–Trinajstić information content (AvgIpc) is 2.71. The number of hydrogen-bond acceptors (Lipinski definition) is 0. The van der Waals surface area contributed by atoms with Crippen molar-refractivity contribution < 1.29 is 0 Å². The van der Waals surface area contributed by atoms with Gasteiger partial charge in [0.1, 0.15) is 0 Å². The second kappa shape index (κ2) is 21.5. The number of rotatable bonds is 23. The fraction of sp³-hybridized carbons (Fsp3) is 1.00. The van der Waals surface area contributed by atoms with Gasteiger partial charge in [-0.3, -0.25) is 0 Å². The van der Waals surface area contributed by atoms with Crippen molar-refractivity contribution in [2.75, 3.05) is 0 Å². The van der Waals surface area contributed by atoms with E-state index in [1.165, 1.54) is 116 Å². The molecule has 0 nitrogen and oxygen atoms in total. The topological polar surface area (TPSA) is 0 Å². The van der Waals surface area contributed by atoms with Crippen LogP contribution < -0.4 is 0 Å². The zero-order valence-corrected chi connectivity index (χ0v) is 24.2. The summed E-state index contributed by atoms with van der Waals surface area (Å²) in [5, 5.41) is 0. The van der Waals surface area contributed by atoms with Crippen molar-refractivity contribution in [2.45, 2.75) is 171 Å². The van der Waals surface area contributed by atoms with Crippen molar-refractivity contribution in [3.8, 4) is 0 Å². The van der Waals surface area contributed by atoms with Crippen LogP contribution in [0.3, 0.4) is 0 Å². The molecule has 5 atom stereocenters. The van der Waals surface area contributed by atoms with E-state index in [2.05, 4.69) is 55.4 Å². The molecule has 0 aromatic rings. The van der Waals surface area contributed by atoms with Gasteiger partial charge in [-0.1, -0.05) is 171 Å². The monoisotopic (exact) mass is 451 g/mol. The highest BCUT2D eigenvalue weighted by Gasteiger charge is 2.09. The molecule has 0 aliphatic heterocycles. The van der Waals surface area contributed by atoms with Crippen LogP contribution in [0.2, 0.25) is 0 Å². The summed E-state index contributed by atoms with van der Waals surface area (Å²) in [7, 11) is 0. The number of hydrogen-bond donors (Lipinski definition) is 0. The molecule has 0 rings (SSSR count). The van der Waals surface area contributed by atoms with E-state index in [0.29, 0.717) is 0 Å². The Morgan fingerprint density at radius 2 is 0.562 bits per heavy atom. The molecule has 0 aliphatic rings. The largest absolute Gasteiger partial charge is 0.0654 e. The van der Waals surface area contributed by atoms with E-state index in [1.807, 2.05) is 0 Å². The first kappa shape index (κ1) is 32.0. The van der Waals surface area contributed by atoms with Crippen LogP contribution in [0.25, 0.3) is 0 Å². The van der Waals surface area contributed by atoms with Gasteiger partial charge in [0.25, 0.3) is 0 Å². The predicted octanol–water partition coefficient (Wildman–Crippen LogP) is 11.9. The molecule has 0 bridgehead atoms. The third kappa shape index (κ3) is 21.8. The molecule has 0 aromatic carbocycles. The molecule has 5 unspecified atom stereocenters. The smallest absolute Gasteiger partial charge is 0.0443 e. The van der Waals surface area contributed by atoms with Gasteiger partial charge in [0.15, 0.2) is 0 Å². The highest BCUT2D eigenvalue weighted by Crippen LogP contribution is 2.24. The van der Waals surface area contributed by atoms with Crippen molar-refractivity contribution in [1.29, 1.82) is 0 Å². The second-order valence-electron chi connectivity index (χ2n) is 12.7. The summed E-state index contributed by atoms with van der Waals surface area (Å²) in [6.45, 7) is 19.4. The van der Waals surface area contributed by atoms with Crippen molar-refractivity contribution in [3.63, 3.8) is 0 Å². The van der Waals surface area contributed by atoms with E-state index in [9.17, 15) is 0 Å². The summed E-state index contributed by atoms with van der Waals surface area (Å²) in [4.78, 5) is 0. The molecule has 0 fully saturated rings. The summed E-state index contributed by atoms with van der Waals surface area (Å²) in [5.41, 5.74) is 0. The first-order chi connectivity index (χ1) is 15.2. The van der Waals surface area contributed by atoms with E-state index in [-0.39, 0.29) is 0 Å². The Balaban J connectivity index is 3.57. The van der Waals surface area contributed by atoms with E-state index in [0.717, 1.165) is 35.5 Å². The van der Waals surface area contributed by atoms with E-state index in [1.54, 1.807) is 0 Å². The van der Waals surface area contributed by atoms with Crippen LogP contribution in [0.5, 0.6) is 0 Å². The van der Waals surface area contributed by atoms with Gasteiger partial charge in [0, 0.05) is 0 Å². The van der Waals surface area contributed by atoms with Gasteiger partial charge in [-0.25, -0.2) is 0 Å². The first-order valence-corrected chi connectivity index (χ1v) is 15.2. The highest BCUT2D eigenvalue weighted by atomic mass is 14.2. The summed E-state index contributed by atoms with van der Waals surface area (Å²) in [6.07, 6.45) is 26.0. The van der Waals surface area contributed by atoms with E-state index >= 15 is 0 Å². The maximum Gasteiger partial charge on any atom is -0.0443 e. The third-order valence-electron chi connectivity index (χ3n) is 8.09. The van der Waals surface area contributed by atoms with Crippen molar-refractivity contribution in [1.82, 2.24) is 0 Å². The van der Waals surface area contributed by atoms with Gasteiger partial charge < -0.3 is 0 Å². The Morgan fingerprint density at radius 3 is 0.844 bits per heavy atom. The SMILES string of the molecule is CCCC(C)CCCC(C)CCCCC(C)CCCC(C)CCCC(C)CCCC(C)C. The van der Waals surface area contributed by atoms with Gasteiger partial charge in [-0.2, -0.15) is 0 Å². The molecule has 32 heavy (non-hydrogen) atoms. The minimum absolute atomic E-state index is 0.877. The fourth-order valence-corrected chi connectivity index (χ4v) is 5.52. The van der Waals surface area contributed by atoms with Crippen LogP contribution in [0, 0.1) is 35.5 Å². The number of unbranched alkanes of at least 4 members (excludes halogenated alkanes) is 1. The molecule has 0 amide bonds. The summed E-state index contributed by atoms with van der Waals surface area (Å²) in [6, 6.07) is 0. The normalized spacial score (nSPS) is 16.8. The van der Waals surface area contributed by atoms with Crippen molar-refractivity contribution >= 4 is 0 Å². The lowest BCUT2D eigenvalue weighted by atomic mass is 9.89. The van der Waals surface area contributed by atoms with Crippen molar-refractivity contribution in [2.24, 2.45) is 35.5 Å². The fourth-order valence-electron chi connectivity index (χ4n) is 5.52. The average molecular weight is 451 g/mol. The maximum absolute atomic E-state index is 2.50. The Hall–Kier alpha value is 0. The molecule has 0 heterocycles. The molecule has 0 spiro atoms. The van der Waals surface area contributed by atoms with E-state index in [4.69, 9.17) is 0 Å². The Kier molecular flexibility index (Phi) is 21.5. The second-order valence-corrected chi connectivity index (χ2v) is 12.7. The third-order valence-corrected chi connectivity index (χ3v) is 8.09. The molecule has 0 heteroatoms. The standard InChI is InChI=1S/C32H66/c1-9-16-28(4)21-13-22-29(5)18-10-11-19-30(6)23-14-25-32(8)26-15-24-31(7)20-12-17-27(2)3/h27-32H,9-26H2,1-8H3. The van der Waals surface area contributed by atoms with Gasteiger partial charge in [-0.05, 0) is 35.5 Å². The molecular formula is C32H66. The molecule has 0 saturated heterocycles. The predicted molar refractivity (Wildman–Crippen MR) is 149 cm³/mol. The van der Waals surface area contributed by atoms with E-state index < -0.39 is 0 Å². The molecule has 0 aromatic heterocycles. The quantitative estimate of drug-likeness (QED) is 0.136. The molecule has 0 aliphatic carbocycles. The summed E-state index contributed by atoms with van der Waals surface area (Å²) < 4.78 is 0. The van der Waals surface area contributed by atoms with Crippen LogP contribution >= 0.6 is 0 Å².